The average molecular weight is 356 g/mol. The van der Waals surface area contributed by atoms with Crippen LogP contribution in [0.1, 0.15) is 0 Å². The number of hydrogen-bond acceptors (Lipinski definition) is 2. The SMILES string of the molecule is COc1ccc(-c2cccc(-c3ccc(OC)cc3)[se+]2)cc1. The zero-order chi connectivity index (χ0) is 15.4. The van der Waals surface area contributed by atoms with Gasteiger partial charge in [-0.25, -0.2) is 0 Å². The van der Waals surface area contributed by atoms with Crippen LogP contribution in [0.15, 0.2) is 66.7 Å². The molecule has 0 aliphatic rings. The maximum absolute atomic E-state index is 5.22. The number of rotatable bonds is 4. The van der Waals surface area contributed by atoms with E-state index in [1.54, 1.807) is 14.2 Å². The van der Waals surface area contributed by atoms with E-state index in [-0.39, 0.29) is 14.5 Å². The molecule has 0 N–H and O–H groups in total. The zero-order valence-electron chi connectivity index (χ0n) is 12.6. The van der Waals surface area contributed by atoms with Gasteiger partial charge in [-0.15, -0.1) is 0 Å². The van der Waals surface area contributed by atoms with Crippen LogP contribution in [0.4, 0.5) is 0 Å². The molecule has 0 atom stereocenters. The number of ether oxygens (including phenoxy) is 2. The van der Waals surface area contributed by atoms with Crippen molar-refractivity contribution in [2.45, 2.75) is 0 Å². The molecule has 3 heteroatoms. The van der Waals surface area contributed by atoms with E-state index in [0.29, 0.717) is 0 Å². The molecule has 2 aromatic carbocycles. The molecule has 0 radical (unpaired) electrons. The molecule has 0 amide bonds. The Hall–Kier alpha value is -2.09. The van der Waals surface area contributed by atoms with Gasteiger partial charge in [-0.3, -0.25) is 0 Å². The standard InChI is InChI=1S/C19H17O2Se/c1-20-16-10-6-14(7-11-16)18-4-3-5-19(22-18)15-8-12-17(21-2)13-9-15/h3-13H,1-2H3/q+1. The van der Waals surface area contributed by atoms with Crippen LogP contribution in [0.3, 0.4) is 0 Å². The Kier molecular flexibility index (Phi) is 4.57. The summed E-state index contributed by atoms with van der Waals surface area (Å²) in [6.07, 6.45) is 0. The second-order valence-corrected chi connectivity index (χ2v) is 7.09. The van der Waals surface area contributed by atoms with Gasteiger partial charge >= 0.3 is 136 Å². The Morgan fingerprint density at radius 1 is 0.591 bits per heavy atom. The molecule has 2 nitrogen and oxygen atoms in total. The predicted molar refractivity (Wildman–Crippen MR) is 91.8 cm³/mol. The molecule has 0 saturated carbocycles. The van der Waals surface area contributed by atoms with Crippen molar-refractivity contribution in [3.8, 4) is 31.5 Å². The van der Waals surface area contributed by atoms with Crippen LogP contribution < -0.4 is 9.47 Å². The van der Waals surface area contributed by atoms with Gasteiger partial charge in [0.15, 0.2) is 0 Å². The van der Waals surface area contributed by atoms with Crippen molar-refractivity contribution in [2.75, 3.05) is 14.2 Å². The van der Waals surface area contributed by atoms with Crippen LogP contribution in [0, 0.1) is 0 Å². The summed E-state index contributed by atoms with van der Waals surface area (Å²) in [5, 5.41) is 0. The monoisotopic (exact) mass is 357 g/mol. The fourth-order valence-corrected chi connectivity index (χ4v) is 4.41. The van der Waals surface area contributed by atoms with Gasteiger partial charge in [0.25, 0.3) is 0 Å². The summed E-state index contributed by atoms with van der Waals surface area (Å²) in [5.41, 5.74) is 2.52. The Morgan fingerprint density at radius 2 is 1.00 bits per heavy atom. The Bertz CT molecular complexity index is 686. The first kappa shape index (κ1) is 14.8. The molecule has 1 aromatic heterocycles. The summed E-state index contributed by atoms with van der Waals surface area (Å²) in [6.45, 7) is 0. The molecular weight excluding hydrogens is 339 g/mol. The summed E-state index contributed by atoms with van der Waals surface area (Å²) in [4.78, 5) is 0. The van der Waals surface area contributed by atoms with Crippen molar-refractivity contribution >= 4 is 14.5 Å². The van der Waals surface area contributed by atoms with E-state index in [4.69, 9.17) is 9.47 Å². The van der Waals surface area contributed by atoms with Crippen molar-refractivity contribution in [3.05, 3.63) is 66.7 Å². The molecule has 3 rings (SSSR count). The molecule has 0 aliphatic carbocycles. The first-order valence-electron chi connectivity index (χ1n) is 7.02. The fraction of sp³-hybridized carbons (Fsp3) is 0.105. The van der Waals surface area contributed by atoms with E-state index < -0.39 is 0 Å². The van der Waals surface area contributed by atoms with E-state index in [2.05, 4.69) is 42.5 Å². The quantitative estimate of drug-likeness (QED) is 0.646. The van der Waals surface area contributed by atoms with Gasteiger partial charge in [0, 0.05) is 0 Å². The van der Waals surface area contributed by atoms with Crippen molar-refractivity contribution in [1.29, 1.82) is 0 Å². The van der Waals surface area contributed by atoms with Crippen LogP contribution in [0.25, 0.3) is 20.0 Å². The molecule has 1 heterocycles. The molecule has 0 spiro atoms. The third-order valence-corrected chi connectivity index (χ3v) is 5.95. The van der Waals surface area contributed by atoms with E-state index in [0.717, 1.165) is 11.5 Å². The number of methoxy groups -OCH3 is 2. The minimum absolute atomic E-state index is 0.290. The molecule has 3 aromatic rings. The van der Waals surface area contributed by atoms with Crippen LogP contribution in [0.2, 0.25) is 0 Å². The Labute approximate surface area is 136 Å². The van der Waals surface area contributed by atoms with Crippen molar-refractivity contribution < 1.29 is 9.47 Å². The molecule has 0 aliphatic heterocycles. The Morgan fingerprint density at radius 3 is 1.36 bits per heavy atom. The normalized spacial score (nSPS) is 10.3. The molecule has 0 unspecified atom stereocenters. The van der Waals surface area contributed by atoms with Crippen molar-refractivity contribution in [1.82, 2.24) is 0 Å². The Balaban J connectivity index is 1.93. The second-order valence-electron chi connectivity index (χ2n) is 4.81. The van der Waals surface area contributed by atoms with Gasteiger partial charge in [-0.1, -0.05) is 0 Å². The molecule has 0 fully saturated rings. The van der Waals surface area contributed by atoms with E-state index >= 15 is 0 Å². The van der Waals surface area contributed by atoms with Crippen molar-refractivity contribution in [3.63, 3.8) is 0 Å². The zero-order valence-corrected chi connectivity index (χ0v) is 14.3. The predicted octanol–water partition coefficient (Wildman–Crippen LogP) is 4.38. The second kappa shape index (κ2) is 6.78. The number of hydrogen-bond donors (Lipinski definition) is 0. The first-order valence-corrected chi connectivity index (χ1v) is 8.73. The van der Waals surface area contributed by atoms with Gasteiger partial charge < -0.3 is 0 Å². The third kappa shape index (κ3) is 3.22. The summed E-state index contributed by atoms with van der Waals surface area (Å²) in [6, 6.07) is 23.1. The molecule has 0 saturated heterocycles. The minimum atomic E-state index is 0.290. The van der Waals surface area contributed by atoms with Gasteiger partial charge in [-0.05, 0) is 0 Å². The van der Waals surface area contributed by atoms with E-state index in [1.165, 1.54) is 20.0 Å². The van der Waals surface area contributed by atoms with Crippen LogP contribution >= 0.6 is 0 Å². The fourth-order valence-electron chi connectivity index (χ4n) is 2.23. The summed E-state index contributed by atoms with van der Waals surface area (Å²) in [7, 11) is 3.38. The molecule has 110 valence electrons. The van der Waals surface area contributed by atoms with E-state index in [9.17, 15) is 0 Å². The summed E-state index contributed by atoms with van der Waals surface area (Å²) >= 11 is 0.290. The van der Waals surface area contributed by atoms with Gasteiger partial charge in [-0.2, -0.15) is 0 Å². The van der Waals surface area contributed by atoms with E-state index in [1.807, 2.05) is 24.3 Å². The van der Waals surface area contributed by atoms with Gasteiger partial charge in [0.1, 0.15) is 0 Å². The van der Waals surface area contributed by atoms with Crippen molar-refractivity contribution in [2.24, 2.45) is 0 Å². The summed E-state index contributed by atoms with van der Waals surface area (Å²) in [5.74, 6) is 1.78. The molecule has 0 bridgehead atoms. The van der Waals surface area contributed by atoms with Gasteiger partial charge in [0.2, 0.25) is 0 Å². The van der Waals surface area contributed by atoms with Crippen LogP contribution in [0.5, 0.6) is 11.5 Å². The van der Waals surface area contributed by atoms with Gasteiger partial charge in [0.05, 0.1) is 0 Å². The topological polar surface area (TPSA) is 18.5 Å². The molecule has 22 heavy (non-hydrogen) atoms. The number of benzene rings is 2. The first-order chi connectivity index (χ1) is 10.8. The molecular formula is C19H17O2Se+. The summed E-state index contributed by atoms with van der Waals surface area (Å²) < 4.78 is 13.2. The van der Waals surface area contributed by atoms with Crippen LogP contribution in [-0.4, -0.2) is 28.7 Å². The average Bonchev–Trinajstić information content (AvgIpc) is 2.62. The maximum atomic E-state index is 5.22. The third-order valence-electron chi connectivity index (χ3n) is 3.46. The van der Waals surface area contributed by atoms with Crippen LogP contribution in [-0.2, 0) is 0 Å².